The fourth-order valence-electron chi connectivity index (χ4n) is 2.09. The maximum absolute atomic E-state index is 11.8. The first kappa shape index (κ1) is 15.7. The Labute approximate surface area is 130 Å². The van der Waals surface area contributed by atoms with Crippen molar-refractivity contribution in [2.24, 2.45) is 0 Å². The molecule has 0 aliphatic carbocycles. The molecule has 0 aliphatic rings. The Morgan fingerprint density at radius 3 is 2.64 bits per heavy atom. The molecule has 0 saturated heterocycles. The summed E-state index contributed by atoms with van der Waals surface area (Å²) in [7, 11) is 0. The predicted octanol–water partition coefficient (Wildman–Crippen LogP) is 2.72. The number of anilines is 1. The van der Waals surface area contributed by atoms with Gasteiger partial charge in [0.15, 0.2) is 0 Å². The highest BCUT2D eigenvalue weighted by atomic mass is 16.1. The molecule has 0 atom stereocenters. The molecule has 112 valence electrons. The summed E-state index contributed by atoms with van der Waals surface area (Å²) in [6.07, 6.45) is 1.36. The molecule has 0 saturated carbocycles. The van der Waals surface area contributed by atoms with E-state index in [-0.39, 0.29) is 5.91 Å². The summed E-state index contributed by atoms with van der Waals surface area (Å²) < 4.78 is 0. The van der Waals surface area contributed by atoms with Gasteiger partial charge in [0.1, 0.15) is 0 Å². The summed E-state index contributed by atoms with van der Waals surface area (Å²) in [6.45, 7) is 1.48. The predicted molar refractivity (Wildman–Crippen MR) is 87.4 cm³/mol. The highest BCUT2D eigenvalue weighted by Gasteiger charge is 2.02. The van der Waals surface area contributed by atoms with Crippen molar-refractivity contribution in [3.8, 4) is 6.07 Å². The molecule has 22 heavy (non-hydrogen) atoms. The van der Waals surface area contributed by atoms with Crippen molar-refractivity contribution in [1.29, 1.82) is 5.26 Å². The Bertz CT molecular complexity index is 647. The highest BCUT2D eigenvalue weighted by Crippen LogP contribution is 2.09. The molecular formula is C18H19N3O. The lowest BCUT2D eigenvalue weighted by Crippen LogP contribution is -2.23. The first-order chi connectivity index (χ1) is 10.8. The zero-order valence-electron chi connectivity index (χ0n) is 12.4. The molecule has 0 bridgehead atoms. The number of hydrogen-bond donors (Lipinski definition) is 2. The molecule has 0 radical (unpaired) electrons. The van der Waals surface area contributed by atoms with Crippen LogP contribution in [0.3, 0.4) is 0 Å². The van der Waals surface area contributed by atoms with Crippen molar-refractivity contribution in [2.75, 3.05) is 18.4 Å². The van der Waals surface area contributed by atoms with E-state index in [0.717, 1.165) is 13.0 Å². The van der Waals surface area contributed by atoms with Crippen LogP contribution in [0.4, 0.5) is 5.69 Å². The summed E-state index contributed by atoms with van der Waals surface area (Å²) in [6, 6.07) is 19.2. The highest BCUT2D eigenvalue weighted by molar-refractivity contribution is 5.90. The van der Waals surface area contributed by atoms with Crippen LogP contribution >= 0.6 is 0 Å². The van der Waals surface area contributed by atoms with Gasteiger partial charge in [-0.2, -0.15) is 5.26 Å². The van der Waals surface area contributed by atoms with Crippen molar-refractivity contribution in [3.05, 3.63) is 65.7 Å². The second-order valence-corrected chi connectivity index (χ2v) is 4.98. The zero-order valence-corrected chi connectivity index (χ0v) is 12.4. The molecule has 2 rings (SSSR count). The van der Waals surface area contributed by atoms with Crippen molar-refractivity contribution < 1.29 is 4.79 Å². The third-order valence-corrected chi connectivity index (χ3v) is 3.24. The van der Waals surface area contributed by atoms with E-state index in [2.05, 4.69) is 28.8 Å². The fraction of sp³-hybridized carbons (Fsp3) is 0.222. The van der Waals surface area contributed by atoms with Gasteiger partial charge < -0.3 is 10.6 Å². The van der Waals surface area contributed by atoms with Crippen LogP contribution in [-0.2, 0) is 11.2 Å². The molecule has 2 aromatic carbocycles. The molecule has 0 fully saturated rings. The maximum atomic E-state index is 11.8. The molecule has 0 aromatic heterocycles. The Morgan fingerprint density at radius 2 is 1.86 bits per heavy atom. The van der Waals surface area contributed by atoms with E-state index in [1.807, 2.05) is 18.2 Å². The largest absolute Gasteiger partial charge is 0.326 e. The Kier molecular flexibility index (Phi) is 6.16. The number of rotatable bonds is 7. The summed E-state index contributed by atoms with van der Waals surface area (Å²) >= 11 is 0. The quantitative estimate of drug-likeness (QED) is 0.771. The van der Waals surface area contributed by atoms with E-state index >= 15 is 0 Å². The number of nitrogens with one attached hydrogen (secondary N) is 2. The second-order valence-electron chi connectivity index (χ2n) is 4.98. The Morgan fingerprint density at radius 1 is 1.05 bits per heavy atom. The Hall–Kier alpha value is -2.64. The molecular weight excluding hydrogens is 274 g/mol. The number of amides is 1. The number of carbonyl (C=O) groups is 1. The number of carbonyl (C=O) groups excluding carboxylic acids is 1. The number of nitrogens with zero attached hydrogens (tertiary/aromatic N) is 1. The lowest BCUT2D eigenvalue weighted by atomic mass is 10.1. The van der Waals surface area contributed by atoms with Crippen LogP contribution in [0.5, 0.6) is 0 Å². The molecule has 1 amide bonds. The van der Waals surface area contributed by atoms with E-state index in [0.29, 0.717) is 24.2 Å². The average molecular weight is 293 g/mol. The van der Waals surface area contributed by atoms with Crippen molar-refractivity contribution >= 4 is 11.6 Å². The lowest BCUT2D eigenvalue weighted by Gasteiger charge is -2.07. The van der Waals surface area contributed by atoms with Gasteiger partial charge in [-0.1, -0.05) is 36.4 Å². The van der Waals surface area contributed by atoms with Gasteiger partial charge in [0.05, 0.1) is 11.6 Å². The minimum absolute atomic E-state index is 0.0534. The molecule has 2 N–H and O–H groups in total. The first-order valence-electron chi connectivity index (χ1n) is 7.32. The van der Waals surface area contributed by atoms with Crippen LogP contribution in [0.2, 0.25) is 0 Å². The molecule has 4 heteroatoms. The molecule has 0 spiro atoms. The van der Waals surface area contributed by atoms with Gasteiger partial charge in [-0.15, -0.1) is 0 Å². The van der Waals surface area contributed by atoms with Crippen LogP contribution in [0.1, 0.15) is 17.5 Å². The van der Waals surface area contributed by atoms with E-state index in [1.54, 1.807) is 24.3 Å². The van der Waals surface area contributed by atoms with Crippen LogP contribution in [0.25, 0.3) is 0 Å². The van der Waals surface area contributed by atoms with Crippen LogP contribution in [-0.4, -0.2) is 19.0 Å². The first-order valence-corrected chi connectivity index (χ1v) is 7.32. The van der Waals surface area contributed by atoms with Gasteiger partial charge in [-0.3, -0.25) is 4.79 Å². The summed E-state index contributed by atoms with van der Waals surface area (Å²) in [5.41, 5.74) is 2.49. The monoisotopic (exact) mass is 293 g/mol. The Balaban J connectivity index is 1.64. The minimum Gasteiger partial charge on any atom is -0.326 e. The van der Waals surface area contributed by atoms with E-state index in [4.69, 9.17) is 5.26 Å². The zero-order chi connectivity index (χ0) is 15.6. The van der Waals surface area contributed by atoms with Crippen LogP contribution < -0.4 is 10.6 Å². The van der Waals surface area contributed by atoms with E-state index in [9.17, 15) is 4.79 Å². The topological polar surface area (TPSA) is 64.9 Å². The van der Waals surface area contributed by atoms with E-state index < -0.39 is 0 Å². The molecule has 0 aliphatic heterocycles. The maximum Gasteiger partial charge on any atom is 0.225 e. The smallest absolute Gasteiger partial charge is 0.225 e. The van der Waals surface area contributed by atoms with Crippen molar-refractivity contribution in [3.63, 3.8) is 0 Å². The second kappa shape index (κ2) is 8.60. The molecule has 0 heterocycles. The van der Waals surface area contributed by atoms with Gasteiger partial charge in [-0.25, -0.2) is 0 Å². The van der Waals surface area contributed by atoms with Crippen LogP contribution in [0, 0.1) is 11.3 Å². The normalized spacial score (nSPS) is 9.95. The van der Waals surface area contributed by atoms with Gasteiger partial charge >= 0.3 is 0 Å². The molecule has 0 unspecified atom stereocenters. The molecule has 4 nitrogen and oxygen atoms in total. The lowest BCUT2D eigenvalue weighted by molar-refractivity contribution is -0.116. The number of nitriles is 1. The third kappa shape index (κ3) is 5.39. The van der Waals surface area contributed by atoms with Gasteiger partial charge in [-0.05, 0) is 36.7 Å². The average Bonchev–Trinajstić information content (AvgIpc) is 2.55. The standard InChI is InChI=1S/C18H19N3O/c19-14-16-7-4-8-17(13-16)21-18(22)10-12-20-11-9-15-5-2-1-3-6-15/h1-8,13,20H,9-12H2,(H,21,22). The van der Waals surface area contributed by atoms with E-state index in [1.165, 1.54) is 5.56 Å². The minimum atomic E-state index is -0.0534. The fourth-order valence-corrected chi connectivity index (χ4v) is 2.09. The number of benzene rings is 2. The summed E-state index contributed by atoms with van der Waals surface area (Å²) in [5, 5.41) is 14.9. The third-order valence-electron chi connectivity index (χ3n) is 3.24. The van der Waals surface area contributed by atoms with Gasteiger partial charge in [0, 0.05) is 18.7 Å². The molecule has 2 aromatic rings. The van der Waals surface area contributed by atoms with Gasteiger partial charge in [0.25, 0.3) is 0 Å². The summed E-state index contributed by atoms with van der Waals surface area (Å²) in [5.74, 6) is -0.0534. The SMILES string of the molecule is N#Cc1cccc(NC(=O)CCNCCc2ccccc2)c1. The van der Waals surface area contributed by atoms with Crippen molar-refractivity contribution in [1.82, 2.24) is 5.32 Å². The van der Waals surface area contributed by atoms with Crippen molar-refractivity contribution in [2.45, 2.75) is 12.8 Å². The summed E-state index contributed by atoms with van der Waals surface area (Å²) in [4.78, 5) is 11.8. The van der Waals surface area contributed by atoms with Gasteiger partial charge in [0.2, 0.25) is 5.91 Å². The number of hydrogen-bond acceptors (Lipinski definition) is 3. The van der Waals surface area contributed by atoms with Crippen LogP contribution in [0.15, 0.2) is 54.6 Å².